The number of hydrogen-bond donors (Lipinski definition) is 1. The Hall–Kier alpha value is -2.41. The van der Waals surface area contributed by atoms with E-state index in [2.05, 4.69) is 26.3 Å². The van der Waals surface area contributed by atoms with Gasteiger partial charge in [-0.3, -0.25) is 15.0 Å². The Bertz CT molecular complexity index is 763. The smallest absolute Gasteiger partial charge is 0.279 e. The number of carbonyl (C=O) groups is 2. The highest BCUT2D eigenvalue weighted by atomic mass is 79.9. The van der Waals surface area contributed by atoms with Gasteiger partial charge in [0.2, 0.25) is 0 Å². The van der Waals surface area contributed by atoms with Crippen molar-refractivity contribution in [2.24, 2.45) is 0 Å². The molecular weight excluding hydrogens is 350 g/mol. The number of hydrazine groups is 1. The third-order valence-corrected chi connectivity index (χ3v) is 3.96. The molecule has 2 aromatic rings. The lowest BCUT2D eigenvalue weighted by Crippen LogP contribution is -2.46. The number of nitrogens with one attached hydrogen (secondary N) is 1. The zero-order chi connectivity index (χ0) is 15.7. The van der Waals surface area contributed by atoms with E-state index in [4.69, 9.17) is 4.74 Å². The van der Waals surface area contributed by atoms with Gasteiger partial charge in [-0.2, -0.15) is 5.01 Å². The molecule has 1 N–H and O–H groups in total. The Kier molecular flexibility index (Phi) is 3.81. The van der Waals surface area contributed by atoms with Crippen LogP contribution < -0.4 is 10.2 Å². The van der Waals surface area contributed by atoms with Crippen LogP contribution in [-0.4, -0.2) is 28.9 Å². The van der Waals surface area contributed by atoms with Gasteiger partial charge in [-0.25, -0.2) is 4.98 Å². The molecule has 1 aromatic heterocycles. The van der Waals surface area contributed by atoms with Crippen LogP contribution in [0.2, 0.25) is 0 Å². The van der Waals surface area contributed by atoms with E-state index in [0.29, 0.717) is 27.2 Å². The van der Waals surface area contributed by atoms with Crippen LogP contribution in [0.1, 0.15) is 15.9 Å². The van der Waals surface area contributed by atoms with Gasteiger partial charge in [0.15, 0.2) is 5.82 Å². The van der Waals surface area contributed by atoms with E-state index in [1.807, 2.05) is 0 Å². The summed E-state index contributed by atoms with van der Waals surface area (Å²) in [5.41, 5.74) is 3.89. The van der Waals surface area contributed by atoms with Crippen molar-refractivity contribution in [2.45, 2.75) is 6.42 Å². The van der Waals surface area contributed by atoms with Crippen molar-refractivity contribution in [2.75, 3.05) is 12.5 Å². The highest BCUT2D eigenvalue weighted by Gasteiger charge is 2.32. The lowest BCUT2D eigenvalue weighted by molar-refractivity contribution is -0.127. The molecule has 0 radical (unpaired) electrons. The quantitative estimate of drug-likeness (QED) is 0.850. The first-order chi connectivity index (χ1) is 10.6. The van der Waals surface area contributed by atoms with Crippen LogP contribution in [0.25, 0.3) is 0 Å². The van der Waals surface area contributed by atoms with Crippen molar-refractivity contribution < 1.29 is 14.3 Å². The molecule has 1 aliphatic heterocycles. The minimum atomic E-state index is -0.428. The predicted molar refractivity (Wildman–Crippen MR) is 83.4 cm³/mol. The van der Waals surface area contributed by atoms with Gasteiger partial charge in [-0.15, -0.1) is 0 Å². The molecule has 0 spiro atoms. The number of anilines is 1. The Morgan fingerprint density at radius 3 is 2.86 bits per heavy atom. The number of ether oxygens (including phenoxy) is 1. The average molecular weight is 362 g/mol. The van der Waals surface area contributed by atoms with E-state index in [1.165, 1.54) is 7.11 Å². The maximum atomic E-state index is 12.6. The summed E-state index contributed by atoms with van der Waals surface area (Å²) in [7, 11) is 1.53. The van der Waals surface area contributed by atoms with Crippen molar-refractivity contribution in [1.29, 1.82) is 0 Å². The SMILES string of the molecule is COc1ccc2c(c1)C(=O)N(Nc1ncccc1Br)C(=O)C2. The number of hydrogen-bond acceptors (Lipinski definition) is 5. The maximum Gasteiger partial charge on any atom is 0.279 e. The first-order valence-corrected chi connectivity index (χ1v) is 7.31. The van der Waals surface area contributed by atoms with Crippen LogP contribution in [0.15, 0.2) is 41.0 Å². The van der Waals surface area contributed by atoms with E-state index < -0.39 is 5.91 Å². The van der Waals surface area contributed by atoms with Crippen LogP contribution >= 0.6 is 15.9 Å². The summed E-state index contributed by atoms with van der Waals surface area (Å²) in [4.78, 5) is 28.9. The van der Waals surface area contributed by atoms with Crippen LogP contribution in [0, 0.1) is 0 Å². The van der Waals surface area contributed by atoms with Crippen molar-refractivity contribution in [1.82, 2.24) is 9.99 Å². The van der Waals surface area contributed by atoms with Gasteiger partial charge in [-0.05, 0) is 45.8 Å². The Morgan fingerprint density at radius 1 is 1.32 bits per heavy atom. The molecule has 0 saturated carbocycles. The summed E-state index contributed by atoms with van der Waals surface area (Å²) in [5.74, 6) is 0.207. The van der Waals surface area contributed by atoms with E-state index in [-0.39, 0.29) is 12.3 Å². The molecule has 1 aromatic carbocycles. The lowest BCUT2D eigenvalue weighted by atomic mass is 9.99. The summed E-state index contributed by atoms with van der Waals surface area (Å²) in [6.45, 7) is 0. The molecule has 0 saturated heterocycles. The minimum absolute atomic E-state index is 0.141. The molecule has 22 heavy (non-hydrogen) atoms. The van der Waals surface area contributed by atoms with Gasteiger partial charge in [0.1, 0.15) is 5.75 Å². The normalized spacial score (nSPS) is 13.8. The number of amides is 2. The molecule has 0 atom stereocenters. The number of halogens is 1. The number of pyridine rings is 1. The van der Waals surface area contributed by atoms with Crippen molar-refractivity contribution >= 4 is 33.6 Å². The third-order valence-electron chi connectivity index (χ3n) is 3.32. The van der Waals surface area contributed by atoms with Gasteiger partial charge >= 0.3 is 0 Å². The maximum absolute atomic E-state index is 12.6. The van der Waals surface area contributed by atoms with Crippen LogP contribution in [0.4, 0.5) is 5.82 Å². The highest BCUT2D eigenvalue weighted by molar-refractivity contribution is 9.10. The molecule has 2 heterocycles. The molecule has 1 aliphatic rings. The fourth-order valence-electron chi connectivity index (χ4n) is 2.20. The van der Waals surface area contributed by atoms with Gasteiger partial charge < -0.3 is 4.74 Å². The fourth-order valence-corrected chi connectivity index (χ4v) is 2.54. The largest absolute Gasteiger partial charge is 0.497 e. The van der Waals surface area contributed by atoms with Gasteiger partial charge in [0, 0.05) is 11.8 Å². The minimum Gasteiger partial charge on any atom is -0.497 e. The second-order valence-electron chi connectivity index (χ2n) is 4.68. The summed E-state index contributed by atoms with van der Waals surface area (Å²) in [6, 6.07) is 8.61. The third kappa shape index (κ3) is 2.55. The number of carbonyl (C=O) groups excluding carboxylic acids is 2. The number of imide groups is 1. The predicted octanol–water partition coefficient (Wildman–Crippen LogP) is 2.40. The van der Waals surface area contributed by atoms with Gasteiger partial charge in [0.05, 0.1) is 18.0 Å². The fraction of sp³-hybridized carbons (Fsp3) is 0.133. The van der Waals surface area contributed by atoms with Gasteiger partial charge in [0.25, 0.3) is 11.8 Å². The summed E-state index contributed by atoms with van der Waals surface area (Å²) < 4.78 is 5.79. The molecule has 112 valence electrons. The second-order valence-corrected chi connectivity index (χ2v) is 5.53. The van der Waals surface area contributed by atoms with Crippen LogP contribution in [0.3, 0.4) is 0 Å². The lowest BCUT2D eigenvalue weighted by Gasteiger charge is -2.27. The topological polar surface area (TPSA) is 71.5 Å². The monoisotopic (exact) mass is 361 g/mol. The molecule has 3 rings (SSSR count). The first kappa shape index (κ1) is 14.5. The molecular formula is C15H12BrN3O3. The Labute approximate surface area is 135 Å². The number of nitrogens with zero attached hydrogens (tertiary/aromatic N) is 2. The standard InChI is InChI=1S/C15H12BrN3O3/c1-22-10-5-4-9-7-13(20)19(15(21)11(9)8-10)18-14-12(16)3-2-6-17-14/h2-6,8H,7H2,1H3,(H,17,18). The molecule has 0 fully saturated rings. The number of methoxy groups -OCH3 is 1. The van der Waals surface area contributed by atoms with Crippen molar-refractivity contribution in [3.63, 3.8) is 0 Å². The zero-order valence-electron chi connectivity index (χ0n) is 11.7. The molecule has 6 nitrogen and oxygen atoms in total. The molecule has 7 heteroatoms. The number of rotatable bonds is 3. The first-order valence-electron chi connectivity index (χ1n) is 6.51. The average Bonchev–Trinajstić information content (AvgIpc) is 2.53. The Morgan fingerprint density at radius 2 is 2.14 bits per heavy atom. The van der Waals surface area contributed by atoms with E-state index >= 15 is 0 Å². The Balaban J connectivity index is 1.95. The van der Waals surface area contributed by atoms with E-state index in [0.717, 1.165) is 5.01 Å². The molecule has 2 amide bonds. The van der Waals surface area contributed by atoms with Crippen LogP contribution in [0.5, 0.6) is 5.75 Å². The molecule has 0 unspecified atom stereocenters. The van der Waals surface area contributed by atoms with E-state index in [1.54, 1.807) is 36.5 Å². The number of benzene rings is 1. The second kappa shape index (κ2) is 5.76. The molecule has 0 aliphatic carbocycles. The number of fused-ring (bicyclic) bond motifs is 1. The number of aromatic nitrogens is 1. The zero-order valence-corrected chi connectivity index (χ0v) is 13.3. The summed E-state index contributed by atoms with van der Waals surface area (Å²) >= 11 is 3.32. The van der Waals surface area contributed by atoms with Crippen LogP contribution in [-0.2, 0) is 11.2 Å². The summed E-state index contributed by atoms with van der Waals surface area (Å²) in [5, 5.41) is 0.981. The van der Waals surface area contributed by atoms with Crippen molar-refractivity contribution in [3.05, 3.63) is 52.1 Å². The van der Waals surface area contributed by atoms with E-state index in [9.17, 15) is 9.59 Å². The van der Waals surface area contributed by atoms with Crippen molar-refractivity contribution in [3.8, 4) is 5.75 Å². The molecule has 0 bridgehead atoms. The highest BCUT2D eigenvalue weighted by Crippen LogP contribution is 2.26. The van der Waals surface area contributed by atoms with Gasteiger partial charge in [-0.1, -0.05) is 6.07 Å². The summed E-state index contributed by atoms with van der Waals surface area (Å²) in [6.07, 6.45) is 1.71.